The van der Waals surface area contributed by atoms with Crippen LogP contribution in [0.1, 0.15) is 26.0 Å². The third-order valence-corrected chi connectivity index (χ3v) is 2.70. The molecule has 0 fully saturated rings. The minimum Gasteiger partial charge on any atom is -0.309 e. The Bertz CT molecular complexity index is 567. The molecule has 1 aromatic carbocycles. The number of anilines is 1. The van der Waals surface area contributed by atoms with Gasteiger partial charge in [0, 0.05) is 12.5 Å². The zero-order valence-corrected chi connectivity index (χ0v) is 11.2. The molecule has 0 atom stereocenters. The molecule has 0 saturated carbocycles. The molecule has 1 N–H and O–H groups in total. The van der Waals surface area contributed by atoms with Gasteiger partial charge in [0.1, 0.15) is 0 Å². The van der Waals surface area contributed by atoms with Gasteiger partial charge in [-0.25, -0.2) is 9.97 Å². The summed E-state index contributed by atoms with van der Waals surface area (Å²) in [6.07, 6.45) is 3.45. The Morgan fingerprint density at radius 1 is 1.26 bits per heavy atom. The van der Waals surface area contributed by atoms with Crippen molar-refractivity contribution in [3.05, 3.63) is 42.2 Å². The van der Waals surface area contributed by atoms with Crippen LogP contribution >= 0.6 is 0 Å². The molecular formula is C15H17N3O. The Balaban J connectivity index is 2.38. The van der Waals surface area contributed by atoms with E-state index in [4.69, 9.17) is 0 Å². The Hall–Kier alpha value is -2.23. The summed E-state index contributed by atoms with van der Waals surface area (Å²) in [6, 6.07) is 9.90. The second-order valence-electron chi connectivity index (χ2n) is 4.35. The van der Waals surface area contributed by atoms with Gasteiger partial charge in [0.25, 0.3) is 0 Å². The Kier molecular flexibility index (Phi) is 4.23. The fourth-order valence-corrected chi connectivity index (χ4v) is 1.86. The largest absolute Gasteiger partial charge is 0.309 e. The van der Waals surface area contributed by atoms with E-state index in [1.807, 2.05) is 30.3 Å². The SMILES string of the molecule is CCCc1nc(-c2ccccc2)cnc1NC(C)=O. The van der Waals surface area contributed by atoms with Crippen LogP contribution in [0.3, 0.4) is 0 Å². The van der Waals surface area contributed by atoms with Crippen molar-refractivity contribution in [2.45, 2.75) is 26.7 Å². The number of hydrogen-bond donors (Lipinski definition) is 1. The molecule has 2 aromatic rings. The summed E-state index contributed by atoms with van der Waals surface area (Å²) in [5, 5.41) is 2.72. The number of rotatable bonds is 4. The Morgan fingerprint density at radius 2 is 2.00 bits per heavy atom. The van der Waals surface area contributed by atoms with E-state index < -0.39 is 0 Å². The molecule has 98 valence electrons. The summed E-state index contributed by atoms with van der Waals surface area (Å²) < 4.78 is 0. The fraction of sp³-hybridized carbons (Fsp3) is 0.267. The zero-order valence-electron chi connectivity index (χ0n) is 11.2. The maximum atomic E-state index is 11.1. The first-order chi connectivity index (χ1) is 9.20. The van der Waals surface area contributed by atoms with Crippen LogP contribution in [0.25, 0.3) is 11.3 Å². The van der Waals surface area contributed by atoms with Crippen LogP contribution in [0.5, 0.6) is 0 Å². The number of hydrogen-bond acceptors (Lipinski definition) is 3. The summed E-state index contributed by atoms with van der Waals surface area (Å²) in [6.45, 7) is 3.55. The van der Waals surface area contributed by atoms with Gasteiger partial charge in [-0.2, -0.15) is 0 Å². The third-order valence-electron chi connectivity index (χ3n) is 2.70. The predicted octanol–water partition coefficient (Wildman–Crippen LogP) is 3.05. The molecule has 0 aliphatic rings. The summed E-state index contributed by atoms with van der Waals surface area (Å²) >= 11 is 0. The molecule has 0 radical (unpaired) electrons. The van der Waals surface area contributed by atoms with Crippen molar-refractivity contribution >= 4 is 11.7 Å². The van der Waals surface area contributed by atoms with E-state index in [-0.39, 0.29) is 5.91 Å². The Morgan fingerprint density at radius 3 is 2.63 bits per heavy atom. The van der Waals surface area contributed by atoms with Crippen molar-refractivity contribution in [3.8, 4) is 11.3 Å². The van der Waals surface area contributed by atoms with Crippen molar-refractivity contribution in [1.82, 2.24) is 9.97 Å². The van der Waals surface area contributed by atoms with Crippen LogP contribution in [0, 0.1) is 0 Å². The number of carbonyl (C=O) groups is 1. The highest BCUT2D eigenvalue weighted by Crippen LogP contribution is 2.20. The van der Waals surface area contributed by atoms with Gasteiger partial charge in [-0.1, -0.05) is 43.7 Å². The van der Waals surface area contributed by atoms with Gasteiger partial charge >= 0.3 is 0 Å². The molecule has 1 heterocycles. The lowest BCUT2D eigenvalue weighted by Crippen LogP contribution is -2.11. The molecule has 0 saturated heterocycles. The van der Waals surface area contributed by atoms with Crippen LogP contribution < -0.4 is 5.32 Å². The number of nitrogens with zero attached hydrogens (tertiary/aromatic N) is 2. The predicted molar refractivity (Wildman–Crippen MR) is 75.8 cm³/mol. The van der Waals surface area contributed by atoms with Crippen molar-refractivity contribution < 1.29 is 4.79 Å². The van der Waals surface area contributed by atoms with Gasteiger partial charge in [-0.05, 0) is 6.42 Å². The van der Waals surface area contributed by atoms with Crippen molar-refractivity contribution in [2.24, 2.45) is 0 Å². The van der Waals surface area contributed by atoms with Crippen LogP contribution in [0.4, 0.5) is 5.82 Å². The van der Waals surface area contributed by atoms with E-state index in [0.29, 0.717) is 5.82 Å². The lowest BCUT2D eigenvalue weighted by atomic mass is 10.1. The molecule has 0 unspecified atom stereocenters. The third kappa shape index (κ3) is 3.37. The van der Waals surface area contributed by atoms with Crippen LogP contribution in [-0.4, -0.2) is 15.9 Å². The summed E-state index contributed by atoms with van der Waals surface area (Å²) in [5.74, 6) is 0.438. The minimum absolute atomic E-state index is 0.126. The normalized spacial score (nSPS) is 10.2. The standard InChI is InChI=1S/C15H17N3O/c1-3-7-13-15(17-11(2)19)16-10-14(18-13)12-8-5-4-6-9-12/h4-6,8-10H,3,7H2,1-2H3,(H,16,17,19). The molecule has 0 aliphatic carbocycles. The number of carbonyl (C=O) groups excluding carboxylic acids is 1. The average Bonchev–Trinajstić information content (AvgIpc) is 2.41. The maximum Gasteiger partial charge on any atom is 0.222 e. The molecule has 0 aliphatic heterocycles. The van der Waals surface area contributed by atoms with E-state index in [0.717, 1.165) is 29.8 Å². The highest BCUT2D eigenvalue weighted by molar-refractivity contribution is 5.88. The van der Waals surface area contributed by atoms with Gasteiger partial charge in [-0.3, -0.25) is 4.79 Å². The van der Waals surface area contributed by atoms with Crippen LogP contribution in [0.2, 0.25) is 0 Å². The first-order valence-electron chi connectivity index (χ1n) is 6.39. The number of amides is 1. The van der Waals surface area contributed by atoms with Gasteiger partial charge in [0.05, 0.1) is 17.6 Å². The molecule has 0 bridgehead atoms. The average molecular weight is 255 g/mol. The van der Waals surface area contributed by atoms with Crippen molar-refractivity contribution in [2.75, 3.05) is 5.32 Å². The van der Waals surface area contributed by atoms with Crippen molar-refractivity contribution in [1.29, 1.82) is 0 Å². The number of aromatic nitrogens is 2. The number of benzene rings is 1. The first-order valence-corrected chi connectivity index (χ1v) is 6.39. The fourth-order valence-electron chi connectivity index (χ4n) is 1.86. The monoisotopic (exact) mass is 255 g/mol. The first kappa shape index (κ1) is 13.2. The molecule has 1 amide bonds. The van der Waals surface area contributed by atoms with E-state index in [2.05, 4.69) is 22.2 Å². The summed E-state index contributed by atoms with van der Waals surface area (Å²) in [4.78, 5) is 20.1. The van der Waals surface area contributed by atoms with E-state index in [1.54, 1.807) is 6.20 Å². The van der Waals surface area contributed by atoms with Gasteiger partial charge in [-0.15, -0.1) is 0 Å². The zero-order chi connectivity index (χ0) is 13.7. The number of aryl methyl sites for hydroxylation is 1. The van der Waals surface area contributed by atoms with Gasteiger partial charge < -0.3 is 5.32 Å². The maximum absolute atomic E-state index is 11.1. The highest BCUT2D eigenvalue weighted by atomic mass is 16.1. The van der Waals surface area contributed by atoms with Gasteiger partial charge in [0.2, 0.25) is 5.91 Å². The second kappa shape index (κ2) is 6.09. The Labute approximate surface area is 112 Å². The number of nitrogens with one attached hydrogen (secondary N) is 1. The highest BCUT2D eigenvalue weighted by Gasteiger charge is 2.09. The van der Waals surface area contributed by atoms with Crippen LogP contribution in [0.15, 0.2) is 36.5 Å². The lowest BCUT2D eigenvalue weighted by Gasteiger charge is -2.09. The molecule has 4 heteroatoms. The molecule has 1 aromatic heterocycles. The summed E-state index contributed by atoms with van der Waals surface area (Å²) in [7, 11) is 0. The van der Waals surface area contributed by atoms with E-state index in [1.165, 1.54) is 6.92 Å². The van der Waals surface area contributed by atoms with E-state index in [9.17, 15) is 4.79 Å². The quantitative estimate of drug-likeness (QED) is 0.913. The van der Waals surface area contributed by atoms with E-state index >= 15 is 0 Å². The van der Waals surface area contributed by atoms with Gasteiger partial charge in [0.15, 0.2) is 5.82 Å². The molecule has 4 nitrogen and oxygen atoms in total. The molecule has 2 rings (SSSR count). The van der Waals surface area contributed by atoms with Crippen molar-refractivity contribution in [3.63, 3.8) is 0 Å². The minimum atomic E-state index is -0.126. The molecule has 19 heavy (non-hydrogen) atoms. The lowest BCUT2D eigenvalue weighted by molar-refractivity contribution is -0.114. The summed E-state index contributed by atoms with van der Waals surface area (Å²) in [5.41, 5.74) is 2.69. The van der Waals surface area contributed by atoms with Crippen LogP contribution in [-0.2, 0) is 11.2 Å². The smallest absolute Gasteiger partial charge is 0.222 e. The topological polar surface area (TPSA) is 54.9 Å². The molecule has 0 spiro atoms. The second-order valence-corrected chi connectivity index (χ2v) is 4.35. The molecular weight excluding hydrogens is 238 g/mol.